The first-order valence-electron chi connectivity index (χ1n) is 7.29. The van der Waals surface area contributed by atoms with E-state index in [1.165, 1.54) is 45.6 Å². The third kappa shape index (κ3) is 3.23. The third-order valence-electron chi connectivity index (χ3n) is 4.45. The third-order valence-corrected chi connectivity index (χ3v) is 4.45. The zero-order chi connectivity index (χ0) is 13.0. The summed E-state index contributed by atoms with van der Waals surface area (Å²) in [5, 5.41) is 7.11. The van der Waals surface area contributed by atoms with Gasteiger partial charge in [0, 0.05) is 12.1 Å². The molecule has 1 aliphatic heterocycles. The fraction of sp³-hybridized carbons (Fsp3) is 0.929. The van der Waals surface area contributed by atoms with Gasteiger partial charge in [-0.1, -0.05) is 12.8 Å². The molecule has 104 valence electrons. The summed E-state index contributed by atoms with van der Waals surface area (Å²) in [6.45, 7) is 3.05. The van der Waals surface area contributed by atoms with Crippen molar-refractivity contribution in [3.8, 4) is 0 Å². The molecule has 4 atom stereocenters. The van der Waals surface area contributed by atoms with Crippen molar-refractivity contribution in [1.29, 1.82) is 0 Å². The summed E-state index contributed by atoms with van der Waals surface area (Å²) < 4.78 is 4.79. The Balaban J connectivity index is 1.88. The highest BCUT2D eigenvalue weighted by molar-refractivity contribution is 5.75. The highest BCUT2D eigenvalue weighted by Gasteiger charge is 2.35. The lowest BCUT2D eigenvalue weighted by Gasteiger charge is -2.34. The molecule has 2 N–H and O–H groups in total. The van der Waals surface area contributed by atoms with E-state index in [2.05, 4.69) is 10.6 Å². The largest absolute Gasteiger partial charge is 0.468 e. The first-order valence-corrected chi connectivity index (χ1v) is 7.29. The summed E-state index contributed by atoms with van der Waals surface area (Å²) >= 11 is 0. The van der Waals surface area contributed by atoms with Crippen molar-refractivity contribution < 1.29 is 9.53 Å². The molecule has 4 nitrogen and oxygen atoms in total. The van der Waals surface area contributed by atoms with Crippen molar-refractivity contribution in [2.24, 2.45) is 5.92 Å². The smallest absolute Gasteiger partial charge is 0.322 e. The molecule has 0 radical (unpaired) electrons. The Hall–Kier alpha value is -0.610. The SMILES string of the molecule is COC(=O)[C@@H](C)NC1CCCC1C1CCCCN1. The van der Waals surface area contributed by atoms with Gasteiger partial charge in [0.1, 0.15) is 6.04 Å². The van der Waals surface area contributed by atoms with Gasteiger partial charge in [0.15, 0.2) is 0 Å². The van der Waals surface area contributed by atoms with Crippen LogP contribution in [0.2, 0.25) is 0 Å². The van der Waals surface area contributed by atoms with Gasteiger partial charge in [0.05, 0.1) is 7.11 Å². The number of nitrogens with one attached hydrogen (secondary N) is 2. The van der Waals surface area contributed by atoms with Crippen molar-refractivity contribution in [2.75, 3.05) is 13.7 Å². The molecule has 2 fully saturated rings. The lowest BCUT2D eigenvalue weighted by atomic mass is 9.88. The Morgan fingerprint density at radius 1 is 1.28 bits per heavy atom. The van der Waals surface area contributed by atoms with Gasteiger partial charge >= 0.3 is 5.97 Å². The maximum absolute atomic E-state index is 11.5. The number of hydrogen-bond donors (Lipinski definition) is 2. The van der Waals surface area contributed by atoms with Gasteiger partial charge in [-0.3, -0.25) is 4.79 Å². The van der Waals surface area contributed by atoms with E-state index in [1.54, 1.807) is 0 Å². The predicted molar refractivity (Wildman–Crippen MR) is 71.4 cm³/mol. The van der Waals surface area contributed by atoms with E-state index in [0.717, 1.165) is 6.54 Å². The highest BCUT2D eigenvalue weighted by atomic mass is 16.5. The summed E-state index contributed by atoms with van der Waals surface area (Å²) in [5.41, 5.74) is 0. The zero-order valence-electron chi connectivity index (χ0n) is 11.6. The second kappa shape index (κ2) is 6.53. The first kappa shape index (κ1) is 13.8. The molecule has 0 aromatic carbocycles. The number of carbonyl (C=O) groups is 1. The van der Waals surface area contributed by atoms with Crippen molar-refractivity contribution in [3.63, 3.8) is 0 Å². The van der Waals surface area contributed by atoms with Crippen LogP contribution in [0.25, 0.3) is 0 Å². The van der Waals surface area contributed by atoms with Crippen LogP contribution in [0.3, 0.4) is 0 Å². The Morgan fingerprint density at radius 3 is 2.78 bits per heavy atom. The monoisotopic (exact) mass is 254 g/mol. The molecule has 0 spiro atoms. The molecule has 2 aliphatic rings. The quantitative estimate of drug-likeness (QED) is 0.746. The van der Waals surface area contributed by atoms with Gasteiger partial charge in [0.25, 0.3) is 0 Å². The molecule has 0 bridgehead atoms. The number of piperidine rings is 1. The van der Waals surface area contributed by atoms with Crippen LogP contribution in [0.5, 0.6) is 0 Å². The molecule has 1 aliphatic carbocycles. The Kier molecular flexibility index (Phi) is 5.01. The van der Waals surface area contributed by atoms with Crippen molar-refractivity contribution >= 4 is 5.97 Å². The molecule has 0 aromatic rings. The van der Waals surface area contributed by atoms with Crippen LogP contribution in [-0.4, -0.2) is 37.7 Å². The second-order valence-corrected chi connectivity index (χ2v) is 5.67. The number of ether oxygens (including phenoxy) is 1. The van der Waals surface area contributed by atoms with Crippen LogP contribution < -0.4 is 10.6 Å². The fourth-order valence-corrected chi connectivity index (χ4v) is 3.49. The molecule has 1 saturated carbocycles. The topological polar surface area (TPSA) is 50.4 Å². The number of methoxy groups -OCH3 is 1. The van der Waals surface area contributed by atoms with E-state index in [-0.39, 0.29) is 12.0 Å². The predicted octanol–water partition coefficient (Wildman–Crippen LogP) is 1.45. The molecular weight excluding hydrogens is 228 g/mol. The average molecular weight is 254 g/mol. The molecule has 0 amide bonds. The van der Waals surface area contributed by atoms with E-state index >= 15 is 0 Å². The number of hydrogen-bond acceptors (Lipinski definition) is 4. The van der Waals surface area contributed by atoms with E-state index in [1.807, 2.05) is 6.92 Å². The first-order chi connectivity index (χ1) is 8.72. The van der Waals surface area contributed by atoms with Crippen LogP contribution in [0.4, 0.5) is 0 Å². The molecule has 1 heterocycles. The standard InChI is InChI=1S/C14H26N2O2/c1-10(14(17)18-2)16-13-8-5-6-11(13)12-7-3-4-9-15-12/h10-13,15-16H,3-9H2,1-2H3/t10-,11?,12?,13?/m1/s1. The Bertz CT molecular complexity index is 277. The van der Waals surface area contributed by atoms with Crippen molar-refractivity contribution in [2.45, 2.75) is 63.6 Å². The minimum Gasteiger partial charge on any atom is -0.468 e. The lowest BCUT2D eigenvalue weighted by Crippen LogP contribution is -2.50. The molecule has 0 aromatic heterocycles. The highest BCUT2D eigenvalue weighted by Crippen LogP contribution is 2.32. The molecule has 3 unspecified atom stereocenters. The van der Waals surface area contributed by atoms with E-state index in [0.29, 0.717) is 18.0 Å². The van der Waals surface area contributed by atoms with Gasteiger partial charge < -0.3 is 15.4 Å². The average Bonchev–Trinajstić information content (AvgIpc) is 2.86. The molecule has 2 rings (SSSR count). The lowest BCUT2D eigenvalue weighted by molar-refractivity contribution is -0.142. The molecule has 1 saturated heterocycles. The summed E-state index contributed by atoms with van der Waals surface area (Å²) in [6.07, 6.45) is 7.67. The van der Waals surface area contributed by atoms with Crippen LogP contribution in [0.1, 0.15) is 45.4 Å². The maximum atomic E-state index is 11.5. The van der Waals surface area contributed by atoms with Crippen LogP contribution in [-0.2, 0) is 9.53 Å². The van der Waals surface area contributed by atoms with Gasteiger partial charge in [0.2, 0.25) is 0 Å². The van der Waals surface area contributed by atoms with Crippen LogP contribution in [0, 0.1) is 5.92 Å². The van der Waals surface area contributed by atoms with Crippen LogP contribution in [0.15, 0.2) is 0 Å². The summed E-state index contributed by atoms with van der Waals surface area (Å²) in [6, 6.07) is 0.919. The minimum atomic E-state index is -0.191. The Morgan fingerprint density at radius 2 is 2.11 bits per heavy atom. The fourth-order valence-electron chi connectivity index (χ4n) is 3.49. The summed E-state index contributed by atoms with van der Waals surface area (Å²) in [4.78, 5) is 11.5. The Labute approximate surface area is 110 Å². The molecule has 18 heavy (non-hydrogen) atoms. The normalized spacial score (nSPS) is 34.2. The minimum absolute atomic E-state index is 0.155. The summed E-state index contributed by atoms with van der Waals surface area (Å²) in [7, 11) is 1.45. The van der Waals surface area contributed by atoms with E-state index < -0.39 is 0 Å². The van der Waals surface area contributed by atoms with E-state index in [4.69, 9.17) is 4.74 Å². The van der Waals surface area contributed by atoms with Crippen molar-refractivity contribution in [1.82, 2.24) is 10.6 Å². The number of esters is 1. The molecule has 4 heteroatoms. The zero-order valence-corrected chi connectivity index (χ0v) is 11.6. The number of rotatable bonds is 4. The van der Waals surface area contributed by atoms with Crippen LogP contribution >= 0.6 is 0 Å². The second-order valence-electron chi connectivity index (χ2n) is 5.67. The summed E-state index contributed by atoms with van der Waals surface area (Å²) in [5.74, 6) is 0.523. The van der Waals surface area contributed by atoms with Gasteiger partial charge in [-0.05, 0) is 45.1 Å². The van der Waals surface area contributed by atoms with Crippen molar-refractivity contribution in [3.05, 3.63) is 0 Å². The van der Waals surface area contributed by atoms with Gasteiger partial charge in [-0.2, -0.15) is 0 Å². The number of carbonyl (C=O) groups excluding carboxylic acids is 1. The van der Waals surface area contributed by atoms with Gasteiger partial charge in [-0.25, -0.2) is 0 Å². The maximum Gasteiger partial charge on any atom is 0.322 e. The molecular formula is C14H26N2O2. The van der Waals surface area contributed by atoms with E-state index in [9.17, 15) is 4.79 Å². The van der Waals surface area contributed by atoms with Gasteiger partial charge in [-0.15, -0.1) is 0 Å².